The summed E-state index contributed by atoms with van der Waals surface area (Å²) in [6.45, 7) is 0.293. The van der Waals surface area contributed by atoms with Crippen LogP contribution in [-0.4, -0.2) is 72.8 Å². The third-order valence-electron chi connectivity index (χ3n) is 2.61. The van der Waals surface area contributed by atoms with Crippen LogP contribution in [0.25, 0.3) is 0 Å². The summed E-state index contributed by atoms with van der Waals surface area (Å²) in [4.78, 5) is 23.2. The number of aliphatic hydroxyl groups is 1. The zero-order valence-electron chi connectivity index (χ0n) is 9.70. The molecule has 3 N–H and O–H groups in total. The fourth-order valence-electron chi connectivity index (χ4n) is 1.47. The van der Waals surface area contributed by atoms with Gasteiger partial charge in [0.05, 0.1) is 11.5 Å². The van der Waals surface area contributed by atoms with Gasteiger partial charge in [0.15, 0.2) is 15.9 Å². The first-order valence-corrected chi connectivity index (χ1v) is 7.28. The quantitative estimate of drug-likeness (QED) is 0.561. The average molecular weight is 280 g/mol. The van der Waals surface area contributed by atoms with Crippen LogP contribution in [0.15, 0.2) is 0 Å². The Balaban J connectivity index is 2.28. The minimum absolute atomic E-state index is 0.0234. The van der Waals surface area contributed by atoms with E-state index in [-0.39, 0.29) is 37.6 Å². The molecule has 0 aromatic heterocycles. The minimum Gasteiger partial charge on any atom is -0.479 e. The molecule has 1 atom stereocenters. The number of carbonyl (C=O) groups excluding carboxylic acids is 1. The van der Waals surface area contributed by atoms with Crippen molar-refractivity contribution in [2.24, 2.45) is 0 Å². The summed E-state index contributed by atoms with van der Waals surface area (Å²) >= 11 is 0. The molecule has 1 heterocycles. The number of aliphatic carboxylic acids is 1. The number of carboxylic acids is 1. The first-order chi connectivity index (χ1) is 8.32. The summed E-state index contributed by atoms with van der Waals surface area (Å²) < 4.78 is 22.3. The molecule has 0 aliphatic carbocycles. The molecule has 1 aliphatic rings. The molecule has 0 bridgehead atoms. The summed E-state index contributed by atoms with van der Waals surface area (Å²) in [6, 6.07) is -0.442. The van der Waals surface area contributed by atoms with Crippen molar-refractivity contribution in [3.05, 3.63) is 0 Å². The first-order valence-electron chi connectivity index (χ1n) is 5.46. The van der Waals surface area contributed by atoms with Gasteiger partial charge in [0.25, 0.3) is 0 Å². The number of carboxylic acid groups (broad SMARTS) is 1. The van der Waals surface area contributed by atoms with E-state index in [1.165, 1.54) is 4.90 Å². The lowest BCUT2D eigenvalue weighted by molar-refractivity contribution is -0.146. The first kappa shape index (κ1) is 14.7. The van der Waals surface area contributed by atoms with Gasteiger partial charge in [0, 0.05) is 26.1 Å². The highest BCUT2D eigenvalue weighted by atomic mass is 32.2. The van der Waals surface area contributed by atoms with E-state index in [0.29, 0.717) is 0 Å². The van der Waals surface area contributed by atoms with Crippen LogP contribution in [0.3, 0.4) is 0 Å². The van der Waals surface area contributed by atoms with E-state index in [1.807, 2.05) is 0 Å². The third kappa shape index (κ3) is 4.49. The van der Waals surface area contributed by atoms with Crippen molar-refractivity contribution in [1.82, 2.24) is 10.2 Å². The van der Waals surface area contributed by atoms with Gasteiger partial charge in [-0.1, -0.05) is 0 Å². The van der Waals surface area contributed by atoms with E-state index < -0.39 is 27.9 Å². The highest BCUT2D eigenvalue weighted by Crippen LogP contribution is 2.03. The molecule has 18 heavy (non-hydrogen) atoms. The number of nitrogens with one attached hydrogen (secondary N) is 1. The van der Waals surface area contributed by atoms with E-state index in [9.17, 15) is 18.0 Å². The lowest BCUT2D eigenvalue weighted by Gasteiger charge is -2.26. The van der Waals surface area contributed by atoms with Gasteiger partial charge in [-0.2, -0.15) is 0 Å². The number of sulfone groups is 1. The smallest absolute Gasteiger partial charge is 0.332 e. The Bertz CT molecular complexity index is 407. The van der Waals surface area contributed by atoms with Crippen molar-refractivity contribution in [3.8, 4) is 0 Å². The third-order valence-corrected chi connectivity index (χ3v) is 4.22. The number of nitrogens with zero attached hydrogens (tertiary/aromatic N) is 1. The molecule has 1 rings (SSSR count). The molecule has 0 aromatic rings. The second kappa shape index (κ2) is 6.01. The molecule has 0 unspecified atom stereocenters. The number of rotatable bonds is 4. The summed E-state index contributed by atoms with van der Waals surface area (Å²) in [5, 5.41) is 19.8. The Morgan fingerprint density at radius 2 is 1.83 bits per heavy atom. The number of aliphatic hydroxyl groups excluding tert-OH is 1. The summed E-state index contributed by atoms with van der Waals surface area (Å²) in [6.07, 6.45) is -1.60. The minimum atomic E-state index is -3.03. The standard InChI is InChI=1S/C9H16N2O6S/c12-7(8(13)14)1-2-10-9(15)11-3-5-18(16,17)6-4-11/h7,12H,1-6H2,(H,10,15)(H,13,14)/t7-/m0/s1. The van der Waals surface area contributed by atoms with Crippen molar-refractivity contribution in [1.29, 1.82) is 0 Å². The lowest BCUT2D eigenvalue weighted by Crippen LogP contribution is -2.48. The van der Waals surface area contributed by atoms with Gasteiger partial charge in [-0.15, -0.1) is 0 Å². The second-order valence-electron chi connectivity index (χ2n) is 4.01. The van der Waals surface area contributed by atoms with Gasteiger partial charge in [-0.25, -0.2) is 18.0 Å². The summed E-state index contributed by atoms with van der Waals surface area (Å²) in [5.41, 5.74) is 0. The number of hydrogen-bond acceptors (Lipinski definition) is 5. The maximum atomic E-state index is 11.6. The summed E-state index contributed by atoms with van der Waals surface area (Å²) in [5.74, 6) is -1.45. The van der Waals surface area contributed by atoms with Crippen LogP contribution < -0.4 is 5.32 Å². The Morgan fingerprint density at radius 3 is 2.33 bits per heavy atom. The van der Waals surface area contributed by atoms with E-state index in [2.05, 4.69) is 5.32 Å². The topological polar surface area (TPSA) is 124 Å². The average Bonchev–Trinajstić information content (AvgIpc) is 2.28. The largest absolute Gasteiger partial charge is 0.479 e. The number of hydrogen-bond donors (Lipinski definition) is 3. The molecule has 104 valence electrons. The van der Waals surface area contributed by atoms with E-state index in [0.717, 1.165) is 0 Å². The van der Waals surface area contributed by atoms with Crippen molar-refractivity contribution < 1.29 is 28.2 Å². The molecule has 0 radical (unpaired) electrons. The Kier molecular flexibility index (Phi) is 4.91. The molecule has 0 aromatic carbocycles. The molecular weight excluding hydrogens is 264 g/mol. The highest BCUT2D eigenvalue weighted by molar-refractivity contribution is 7.91. The summed E-state index contributed by atoms with van der Waals surface area (Å²) in [7, 11) is -3.03. The van der Waals surface area contributed by atoms with Gasteiger partial charge < -0.3 is 20.4 Å². The second-order valence-corrected chi connectivity index (χ2v) is 6.32. The molecule has 1 fully saturated rings. The van der Waals surface area contributed by atoms with Crippen LogP contribution in [0.4, 0.5) is 4.79 Å². The zero-order chi connectivity index (χ0) is 13.8. The zero-order valence-corrected chi connectivity index (χ0v) is 10.5. The van der Waals surface area contributed by atoms with Crippen molar-refractivity contribution >= 4 is 21.8 Å². The van der Waals surface area contributed by atoms with Crippen LogP contribution in [0.5, 0.6) is 0 Å². The SMILES string of the molecule is O=C(O)[C@@H](O)CCNC(=O)N1CCS(=O)(=O)CC1. The molecule has 0 spiro atoms. The Morgan fingerprint density at radius 1 is 1.28 bits per heavy atom. The lowest BCUT2D eigenvalue weighted by atomic mass is 10.2. The van der Waals surface area contributed by atoms with E-state index in [1.54, 1.807) is 0 Å². The van der Waals surface area contributed by atoms with Crippen molar-refractivity contribution in [2.45, 2.75) is 12.5 Å². The normalized spacial score (nSPS) is 20.2. The fourth-order valence-corrected chi connectivity index (χ4v) is 2.67. The van der Waals surface area contributed by atoms with Crippen LogP contribution in [0, 0.1) is 0 Å². The molecule has 1 aliphatic heterocycles. The van der Waals surface area contributed by atoms with Gasteiger partial charge in [-0.05, 0) is 0 Å². The van der Waals surface area contributed by atoms with Crippen molar-refractivity contribution in [3.63, 3.8) is 0 Å². The van der Waals surface area contributed by atoms with E-state index in [4.69, 9.17) is 10.2 Å². The molecular formula is C9H16N2O6S. The van der Waals surface area contributed by atoms with Gasteiger partial charge in [0.1, 0.15) is 0 Å². The maximum Gasteiger partial charge on any atom is 0.332 e. The molecule has 1 saturated heterocycles. The Hall–Kier alpha value is -1.35. The van der Waals surface area contributed by atoms with Gasteiger partial charge >= 0.3 is 12.0 Å². The Labute approximate surface area is 104 Å². The number of carbonyl (C=O) groups is 2. The van der Waals surface area contributed by atoms with Gasteiger partial charge in [-0.3, -0.25) is 0 Å². The van der Waals surface area contributed by atoms with Crippen LogP contribution in [-0.2, 0) is 14.6 Å². The molecule has 0 saturated carbocycles. The fraction of sp³-hybridized carbons (Fsp3) is 0.778. The number of urea groups is 1. The predicted octanol–water partition coefficient (Wildman–Crippen LogP) is -1.74. The molecule has 2 amide bonds. The maximum absolute atomic E-state index is 11.6. The van der Waals surface area contributed by atoms with Gasteiger partial charge in [0.2, 0.25) is 0 Å². The predicted molar refractivity (Wildman–Crippen MR) is 61.9 cm³/mol. The van der Waals surface area contributed by atoms with Crippen LogP contribution in [0.1, 0.15) is 6.42 Å². The highest BCUT2D eigenvalue weighted by Gasteiger charge is 2.24. The van der Waals surface area contributed by atoms with Crippen LogP contribution in [0.2, 0.25) is 0 Å². The van der Waals surface area contributed by atoms with Crippen molar-refractivity contribution in [2.75, 3.05) is 31.1 Å². The van der Waals surface area contributed by atoms with E-state index >= 15 is 0 Å². The monoisotopic (exact) mass is 280 g/mol. The molecule has 8 nitrogen and oxygen atoms in total. The molecule has 9 heteroatoms. The number of amides is 2. The van der Waals surface area contributed by atoms with Crippen LogP contribution >= 0.6 is 0 Å².